The number of anilines is 1. The number of nitrogens with two attached hydrogens (primary N) is 1. The van der Waals surface area contributed by atoms with E-state index in [0.29, 0.717) is 16.1 Å². The topological polar surface area (TPSA) is 72.2 Å². The van der Waals surface area contributed by atoms with Gasteiger partial charge in [0.15, 0.2) is 0 Å². The van der Waals surface area contributed by atoms with Crippen LogP contribution >= 0.6 is 11.3 Å². The lowest BCUT2D eigenvalue weighted by atomic mass is 9.99. The normalized spacial score (nSPS) is 11.9. The van der Waals surface area contributed by atoms with Gasteiger partial charge in [0.2, 0.25) is 0 Å². The molecule has 5 heteroatoms. The maximum absolute atomic E-state index is 13.0. The van der Waals surface area contributed by atoms with Gasteiger partial charge in [0.05, 0.1) is 5.56 Å². The highest BCUT2D eigenvalue weighted by atomic mass is 32.1. The van der Waals surface area contributed by atoms with Gasteiger partial charge in [0.1, 0.15) is 5.00 Å². The van der Waals surface area contributed by atoms with Crippen molar-refractivity contribution < 1.29 is 9.59 Å². The van der Waals surface area contributed by atoms with Crippen molar-refractivity contribution >= 4 is 38.9 Å². The van der Waals surface area contributed by atoms with Gasteiger partial charge >= 0.3 is 0 Å². The van der Waals surface area contributed by atoms with Gasteiger partial charge in [-0.3, -0.25) is 9.59 Å². The van der Waals surface area contributed by atoms with E-state index in [1.54, 1.807) is 12.1 Å². The lowest BCUT2D eigenvalue weighted by molar-refractivity contribution is 0.100. The van der Waals surface area contributed by atoms with Gasteiger partial charge in [-0.1, -0.05) is 73.7 Å². The molecule has 0 bridgehead atoms. The molecule has 1 unspecified atom stereocenters. The molecule has 0 fully saturated rings. The van der Waals surface area contributed by atoms with Crippen molar-refractivity contribution in [3.8, 4) is 0 Å². The van der Waals surface area contributed by atoms with Crippen molar-refractivity contribution in [2.45, 2.75) is 12.8 Å². The second-order valence-electron chi connectivity index (χ2n) is 6.87. The van der Waals surface area contributed by atoms with E-state index in [-0.39, 0.29) is 11.8 Å². The molecule has 1 aromatic heterocycles. The average molecular weight is 401 g/mol. The average Bonchev–Trinajstić information content (AvgIpc) is 3.17. The van der Waals surface area contributed by atoms with Crippen molar-refractivity contribution in [1.29, 1.82) is 0 Å². The molecular formula is C24H20N2O2S. The van der Waals surface area contributed by atoms with Crippen LogP contribution in [-0.2, 0) is 0 Å². The molecule has 0 aliphatic rings. The second-order valence-corrected chi connectivity index (χ2v) is 7.95. The quantitative estimate of drug-likeness (QED) is 0.470. The number of hydrogen-bond donors (Lipinski definition) is 2. The van der Waals surface area contributed by atoms with Gasteiger partial charge in [-0.2, -0.15) is 0 Å². The molecule has 2 amide bonds. The van der Waals surface area contributed by atoms with Crippen LogP contribution in [0.1, 0.15) is 44.0 Å². The highest BCUT2D eigenvalue weighted by Gasteiger charge is 2.21. The first-order valence-electron chi connectivity index (χ1n) is 9.32. The molecule has 1 heterocycles. The Morgan fingerprint density at radius 1 is 0.897 bits per heavy atom. The molecule has 0 saturated carbocycles. The van der Waals surface area contributed by atoms with Crippen molar-refractivity contribution in [2.24, 2.45) is 5.73 Å². The van der Waals surface area contributed by atoms with Crippen LogP contribution in [0.25, 0.3) is 10.8 Å². The Morgan fingerprint density at radius 2 is 1.59 bits per heavy atom. The predicted molar refractivity (Wildman–Crippen MR) is 119 cm³/mol. The standard InChI is InChI=1S/C24H20N2O2S/c1-15(16-8-3-2-4-9-16)21-14-20(22(25)27)24(29-21)26-23(28)19-13-7-11-17-10-5-6-12-18(17)19/h2-15H,1H3,(H2,25,27)(H,26,28). The number of rotatable bonds is 5. The van der Waals surface area contributed by atoms with E-state index in [1.165, 1.54) is 11.3 Å². The van der Waals surface area contributed by atoms with Crippen LogP contribution in [0.2, 0.25) is 0 Å². The summed E-state index contributed by atoms with van der Waals surface area (Å²) in [5, 5.41) is 5.24. The number of carbonyl (C=O) groups excluding carboxylic acids is 2. The summed E-state index contributed by atoms with van der Waals surface area (Å²) >= 11 is 1.39. The third-order valence-corrected chi connectivity index (χ3v) is 6.24. The summed E-state index contributed by atoms with van der Waals surface area (Å²) in [7, 11) is 0. The lowest BCUT2D eigenvalue weighted by Gasteiger charge is -2.09. The Morgan fingerprint density at radius 3 is 2.34 bits per heavy atom. The van der Waals surface area contributed by atoms with Crippen LogP contribution in [0.4, 0.5) is 5.00 Å². The summed E-state index contributed by atoms with van der Waals surface area (Å²) in [5.41, 5.74) is 7.62. The maximum atomic E-state index is 13.0. The van der Waals surface area contributed by atoms with Gasteiger partial charge < -0.3 is 11.1 Å². The van der Waals surface area contributed by atoms with Crippen LogP contribution in [0, 0.1) is 0 Å². The Kier molecular flexibility index (Phi) is 5.14. The SMILES string of the molecule is CC(c1ccccc1)c1cc(C(N)=O)c(NC(=O)c2cccc3ccccc23)s1. The Labute approximate surface area is 173 Å². The second kappa shape index (κ2) is 7.89. The van der Waals surface area contributed by atoms with Gasteiger partial charge in [-0.05, 0) is 28.5 Å². The fourth-order valence-corrected chi connectivity index (χ4v) is 4.54. The molecule has 4 rings (SSSR count). The number of amides is 2. The van der Waals surface area contributed by atoms with Gasteiger partial charge in [0.25, 0.3) is 11.8 Å². The van der Waals surface area contributed by atoms with E-state index in [0.717, 1.165) is 21.2 Å². The van der Waals surface area contributed by atoms with Crippen LogP contribution in [0.5, 0.6) is 0 Å². The highest BCUT2D eigenvalue weighted by molar-refractivity contribution is 7.16. The van der Waals surface area contributed by atoms with E-state index < -0.39 is 5.91 Å². The van der Waals surface area contributed by atoms with Crippen molar-refractivity contribution in [3.63, 3.8) is 0 Å². The largest absolute Gasteiger partial charge is 0.366 e. The summed E-state index contributed by atoms with van der Waals surface area (Å²) in [5.74, 6) is -0.728. The van der Waals surface area contributed by atoms with E-state index in [1.807, 2.05) is 66.7 Å². The minimum Gasteiger partial charge on any atom is -0.366 e. The summed E-state index contributed by atoms with van der Waals surface area (Å²) in [4.78, 5) is 26.0. The molecule has 0 aliphatic heterocycles. The Hall–Kier alpha value is -3.44. The van der Waals surface area contributed by atoms with Crippen LogP contribution < -0.4 is 11.1 Å². The van der Waals surface area contributed by atoms with Crippen LogP contribution in [0.15, 0.2) is 78.9 Å². The number of nitrogens with one attached hydrogen (secondary N) is 1. The molecule has 29 heavy (non-hydrogen) atoms. The molecular weight excluding hydrogens is 380 g/mol. The number of primary amides is 1. The zero-order chi connectivity index (χ0) is 20.4. The van der Waals surface area contributed by atoms with E-state index >= 15 is 0 Å². The predicted octanol–water partition coefficient (Wildman–Crippen LogP) is 5.40. The molecule has 0 aliphatic carbocycles. The number of thiophene rings is 1. The zero-order valence-corrected chi connectivity index (χ0v) is 16.7. The van der Waals surface area contributed by atoms with E-state index in [4.69, 9.17) is 5.73 Å². The smallest absolute Gasteiger partial charge is 0.256 e. The fraction of sp³-hybridized carbons (Fsp3) is 0.0833. The molecule has 1 atom stereocenters. The van der Waals surface area contributed by atoms with Gasteiger partial charge in [-0.15, -0.1) is 11.3 Å². The summed E-state index contributed by atoms with van der Waals surface area (Å²) in [6, 6.07) is 25.1. The highest BCUT2D eigenvalue weighted by Crippen LogP contribution is 2.36. The number of fused-ring (bicyclic) bond motifs is 1. The molecule has 144 valence electrons. The molecule has 0 radical (unpaired) electrons. The molecule has 3 N–H and O–H groups in total. The molecule has 4 aromatic rings. The first-order valence-corrected chi connectivity index (χ1v) is 10.1. The number of carbonyl (C=O) groups is 2. The lowest BCUT2D eigenvalue weighted by Crippen LogP contribution is -2.16. The number of benzene rings is 3. The summed E-state index contributed by atoms with van der Waals surface area (Å²) in [6.45, 7) is 2.07. The van der Waals surface area contributed by atoms with Crippen molar-refractivity contribution in [2.75, 3.05) is 5.32 Å². The van der Waals surface area contributed by atoms with Gasteiger partial charge in [0, 0.05) is 16.4 Å². The Balaban J connectivity index is 1.68. The third-order valence-electron chi connectivity index (χ3n) is 5.00. The monoisotopic (exact) mass is 400 g/mol. The van der Waals surface area contributed by atoms with E-state index in [2.05, 4.69) is 12.2 Å². The van der Waals surface area contributed by atoms with Crippen LogP contribution in [-0.4, -0.2) is 11.8 Å². The van der Waals surface area contributed by atoms with E-state index in [9.17, 15) is 9.59 Å². The minimum atomic E-state index is -0.555. The van der Waals surface area contributed by atoms with Gasteiger partial charge in [-0.25, -0.2) is 0 Å². The zero-order valence-electron chi connectivity index (χ0n) is 15.9. The van der Waals surface area contributed by atoms with Crippen LogP contribution in [0.3, 0.4) is 0 Å². The summed E-state index contributed by atoms with van der Waals surface area (Å²) in [6.07, 6.45) is 0. The summed E-state index contributed by atoms with van der Waals surface area (Å²) < 4.78 is 0. The third kappa shape index (κ3) is 3.77. The molecule has 0 spiro atoms. The Bertz CT molecular complexity index is 1190. The fourth-order valence-electron chi connectivity index (χ4n) is 3.40. The number of hydrogen-bond acceptors (Lipinski definition) is 3. The molecule has 4 nitrogen and oxygen atoms in total. The maximum Gasteiger partial charge on any atom is 0.256 e. The minimum absolute atomic E-state index is 0.0857. The first kappa shape index (κ1) is 18.9. The van der Waals surface area contributed by atoms with Crippen molar-refractivity contribution in [1.82, 2.24) is 0 Å². The molecule has 3 aromatic carbocycles. The first-order chi connectivity index (χ1) is 14.0. The molecule has 0 saturated heterocycles. The van der Waals surface area contributed by atoms with Crippen molar-refractivity contribution in [3.05, 3.63) is 100 Å².